The number of hydrogen-bond donors (Lipinski definition) is 1. The zero-order chi connectivity index (χ0) is 22.9. The molecule has 32 heavy (non-hydrogen) atoms. The van der Waals surface area contributed by atoms with Gasteiger partial charge in [-0.1, -0.05) is 6.92 Å². The molecular weight excluding hydrogens is 420 g/mol. The second-order valence-corrected chi connectivity index (χ2v) is 8.53. The minimum absolute atomic E-state index is 0.186. The number of aromatic nitrogens is 1. The first-order valence-electron chi connectivity index (χ1n) is 10.7. The topological polar surface area (TPSA) is 42.0 Å². The van der Waals surface area contributed by atoms with Gasteiger partial charge in [0.1, 0.15) is 5.82 Å². The molecule has 1 aliphatic carbocycles. The Hall–Kier alpha value is -2.96. The quantitative estimate of drug-likeness (QED) is 0.443. The summed E-state index contributed by atoms with van der Waals surface area (Å²) in [6.07, 6.45) is 0.829. The first kappa shape index (κ1) is 22.2. The fraction of sp³-hybridized carbons (Fsp3) is 0.360. The Balaban J connectivity index is 1.38. The molecule has 4 rings (SSSR count). The van der Waals surface area contributed by atoms with Crippen LogP contribution in [0, 0.1) is 17.7 Å². The number of anilines is 1. The largest absolute Gasteiger partial charge is 0.416 e. The maximum atomic E-state index is 13.8. The molecule has 1 N–H and O–H groups in total. The average Bonchev–Trinajstić information content (AvgIpc) is 2.78. The smallest absolute Gasteiger partial charge is 0.326 e. The lowest BCUT2D eigenvalue weighted by molar-refractivity contribution is -0.137. The van der Waals surface area contributed by atoms with Crippen LogP contribution in [0.3, 0.4) is 0 Å². The minimum atomic E-state index is -4.40. The van der Waals surface area contributed by atoms with Crippen molar-refractivity contribution in [1.82, 2.24) is 4.98 Å². The molecule has 7 heteroatoms. The van der Waals surface area contributed by atoms with Crippen LogP contribution in [0.15, 0.2) is 54.7 Å². The van der Waals surface area contributed by atoms with E-state index < -0.39 is 11.7 Å². The lowest BCUT2D eigenvalue weighted by Crippen LogP contribution is -2.29. The van der Waals surface area contributed by atoms with E-state index in [0.29, 0.717) is 5.69 Å². The van der Waals surface area contributed by atoms with E-state index in [2.05, 4.69) is 10.3 Å². The second-order valence-electron chi connectivity index (χ2n) is 8.53. The predicted octanol–water partition coefficient (Wildman–Crippen LogP) is 6.94. The van der Waals surface area contributed by atoms with Gasteiger partial charge in [-0.3, -0.25) is 9.78 Å². The standard InChI is InChI=1S/C25H24F4N2O/c1-15(24(32)31-20-9-6-18(7-10-20)25(27,28)29)16-2-4-17(5-3-16)21-12-13-30-23-11-8-19(26)14-22(21)23/h6-17H,2-5H2,1H3,(H,31,32). The number of fused-ring (bicyclic) bond motifs is 1. The average molecular weight is 444 g/mol. The Morgan fingerprint density at radius 3 is 2.38 bits per heavy atom. The Morgan fingerprint density at radius 1 is 1.03 bits per heavy atom. The third kappa shape index (κ3) is 4.76. The van der Waals surface area contributed by atoms with Crippen LogP contribution in [-0.4, -0.2) is 10.9 Å². The third-order valence-electron chi connectivity index (χ3n) is 6.55. The van der Waals surface area contributed by atoms with Gasteiger partial charge in [0.2, 0.25) is 5.91 Å². The van der Waals surface area contributed by atoms with Gasteiger partial charge in [0.25, 0.3) is 0 Å². The number of alkyl halides is 3. The van der Waals surface area contributed by atoms with Crippen molar-refractivity contribution < 1.29 is 22.4 Å². The Labute approximate surface area is 183 Å². The number of hydrogen-bond acceptors (Lipinski definition) is 2. The molecular formula is C25H24F4N2O. The van der Waals surface area contributed by atoms with Gasteiger partial charge in [-0.15, -0.1) is 0 Å². The number of nitrogens with zero attached hydrogens (tertiary/aromatic N) is 1. The van der Waals surface area contributed by atoms with Crippen molar-refractivity contribution in [2.24, 2.45) is 11.8 Å². The van der Waals surface area contributed by atoms with E-state index in [-0.39, 0.29) is 29.5 Å². The molecule has 1 saturated carbocycles. The maximum absolute atomic E-state index is 13.8. The summed E-state index contributed by atoms with van der Waals surface area (Å²) < 4.78 is 51.9. The summed E-state index contributed by atoms with van der Waals surface area (Å²) in [6.45, 7) is 1.86. The zero-order valence-corrected chi connectivity index (χ0v) is 17.6. The van der Waals surface area contributed by atoms with Gasteiger partial charge in [0.15, 0.2) is 0 Å². The molecule has 2 aromatic carbocycles. The summed E-state index contributed by atoms with van der Waals surface area (Å²) >= 11 is 0. The van der Waals surface area contributed by atoms with E-state index in [9.17, 15) is 22.4 Å². The molecule has 1 heterocycles. The van der Waals surface area contributed by atoms with Crippen molar-refractivity contribution in [3.05, 3.63) is 71.7 Å². The van der Waals surface area contributed by atoms with Crippen LogP contribution >= 0.6 is 0 Å². The van der Waals surface area contributed by atoms with E-state index >= 15 is 0 Å². The van der Waals surface area contributed by atoms with E-state index in [1.54, 1.807) is 12.3 Å². The molecule has 168 valence electrons. The summed E-state index contributed by atoms with van der Waals surface area (Å²) in [5, 5.41) is 3.57. The van der Waals surface area contributed by atoms with Crippen LogP contribution in [0.2, 0.25) is 0 Å². The molecule has 0 saturated heterocycles. The molecule has 0 bridgehead atoms. The zero-order valence-electron chi connectivity index (χ0n) is 17.6. The lowest BCUT2D eigenvalue weighted by Gasteiger charge is -2.32. The van der Waals surface area contributed by atoms with E-state index in [4.69, 9.17) is 0 Å². The fourth-order valence-electron chi connectivity index (χ4n) is 4.64. The van der Waals surface area contributed by atoms with Crippen molar-refractivity contribution in [1.29, 1.82) is 0 Å². The van der Waals surface area contributed by atoms with Crippen LogP contribution in [0.1, 0.15) is 49.7 Å². The van der Waals surface area contributed by atoms with E-state index in [1.165, 1.54) is 24.3 Å². The Bertz CT molecular complexity index is 1100. The highest BCUT2D eigenvalue weighted by Crippen LogP contribution is 2.41. The van der Waals surface area contributed by atoms with Gasteiger partial charge in [-0.2, -0.15) is 13.2 Å². The summed E-state index contributed by atoms with van der Waals surface area (Å²) in [5.74, 6) is -0.266. The predicted molar refractivity (Wildman–Crippen MR) is 116 cm³/mol. The number of carbonyl (C=O) groups excluding carboxylic acids is 1. The highest BCUT2D eigenvalue weighted by atomic mass is 19.4. The summed E-state index contributed by atoms with van der Waals surface area (Å²) in [7, 11) is 0. The summed E-state index contributed by atoms with van der Waals surface area (Å²) in [4.78, 5) is 17.0. The van der Waals surface area contributed by atoms with Crippen LogP contribution in [0.5, 0.6) is 0 Å². The van der Waals surface area contributed by atoms with Crippen molar-refractivity contribution in [3.63, 3.8) is 0 Å². The molecule has 0 spiro atoms. The number of halogens is 4. The van der Waals surface area contributed by atoms with Gasteiger partial charge in [0, 0.05) is 23.2 Å². The first-order valence-corrected chi connectivity index (χ1v) is 10.7. The van der Waals surface area contributed by atoms with Crippen molar-refractivity contribution in [2.45, 2.75) is 44.7 Å². The van der Waals surface area contributed by atoms with Crippen molar-refractivity contribution in [3.8, 4) is 0 Å². The van der Waals surface area contributed by atoms with E-state index in [0.717, 1.165) is 54.3 Å². The van der Waals surface area contributed by atoms with Gasteiger partial charge < -0.3 is 5.32 Å². The van der Waals surface area contributed by atoms with Crippen LogP contribution in [0.4, 0.5) is 23.2 Å². The minimum Gasteiger partial charge on any atom is -0.326 e. The van der Waals surface area contributed by atoms with Gasteiger partial charge >= 0.3 is 6.18 Å². The number of rotatable bonds is 4. The fourth-order valence-corrected chi connectivity index (χ4v) is 4.64. The summed E-state index contributed by atoms with van der Waals surface area (Å²) in [6, 6.07) is 11.1. The normalized spacial score (nSPS) is 20.2. The van der Waals surface area contributed by atoms with E-state index in [1.807, 2.05) is 13.0 Å². The molecule has 1 unspecified atom stereocenters. The number of amides is 1. The van der Waals surface area contributed by atoms with Crippen LogP contribution in [-0.2, 0) is 11.0 Å². The number of nitrogens with one attached hydrogen (secondary N) is 1. The highest BCUT2D eigenvalue weighted by molar-refractivity contribution is 5.92. The molecule has 0 radical (unpaired) electrons. The molecule has 1 fully saturated rings. The molecule has 3 nitrogen and oxygen atoms in total. The van der Waals surface area contributed by atoms with Crippen molar-refractivity contribution >= 4 is 22.5 Å². The van der Waals surface area contributed by atoms with Crippen molar-refractivity contribution in [2.75, 3.05) is 5.32 Å². The van der Waals surface area contributed by atoms with Crippen LogP contribution in [0.25, 0.3) is 10.9 Å². The molecule has 0 aliphatic heterocycles. The SMILES string of the molecule is CC(C(=O)Nc1ccc(C(F)(F)F)cc1)C1CCC(c2ccnc3ccc(F)cc23)CC1. The van der Waals surface area contributed by atoms with Crippen LogP contribution < -0.4 is 5.32 Å². The van der Waals surface area contributed by atoms with Gasteiger partial charge in [0.05, 0.1) is 11.1 Å². The summed E-state index contributed by atoms with van der Waals surface area (Å²) in [5.41, 5.74) is 1.48. The molecule has 1 aromatic heterocycles. The van der Waals surface area contributed by atoms with Gasteiger partial charge in [-0.25, -0.2) is 4.39 Å². The monoisotopic (exact) mass is 444 g/mol. The highest BCUT2D eigenvalue weighted by Gasteiger charge is 2.32. The number of benzene rings is 2. The first-order chi connectivity index (χ1) is 15.2. The maximum Gasteiger partial charge on any atom is 0.416 e. The Morgan fingerprint density at radius 2 is 1.72 bits per heavy atom. The molecule has 1 aliphatic rings. The number of carbonyl (C=O) groups is 1. The Kier molecular flexibility index (Phi) is 6.17. The molecule has 3 aromatic rings. The second kappa shape index (κ2) is 8.88. The number of pyridine rings is 1. The van der Waals surface area contributed by atoms with Gasteiger partial charge in [-0.05, 0) is 91.6 Å². The third-order valence-corrected chi connectivity index (χ3v) is 6.55. The lowest BCUT2D eigenvalue weighted by atomic mass is 9.73. The molecule has 1 atom stereocenters. The molecule has 1 amide bonds.